The number of rotatable bonds is 6. The Morgan fingerprint density at radius 1 is 1.12 bits per heavy atom. The minimum Gasteiger partial charge on any atom is -0.324 e. The van der Waals surface area contributed by atoms with Crippen LogP contribution < -0.4 is 5.32 Å². The zero-order chi connectivity index (χ0) is 17.7. The first-order valence-electron chi connectivity index (χ1n) is 6.99. The van der Waals surface area contributed by atoms with E-state index in [-0.39, 0.29) is 18.1 Å². The quantitative estimate of drug-likeness (QED) is 0.826. The summed E-state index contributed by atoms with van der Waals surface area (Å²) in [6, 6.07) is 13.7. The Kier molecular flexibility index (Phi) is 6.23. The molecular weight excluding hydrogens is 371 g/mol. The maximum atomic E-state index is 12.2. The molecule has 2 aromatic carbocycles. The molecule has 0 aliphatic rings. The molecule has 0 saturated carbocycles. The van der Waals surface area contributed by atoms with E-state index in [1.165, 1.54) is 6.07 Å². The van der Waals surface area contributed by atoms with Crippen LogP contribution in [0.4, 0.5) is 5.69 Å². The van der Waals surface area contributed by atoms with E-state index in [1.807, 2.05) is 18.2 Å². The van der Waals surface area contributed by atoms with Gasteiger partial charge in [-0.3, -0.25) is 4.79 Å². The molecule has 0 aromatic heterocycles. The Balaban J connectivity index is 2.10. The van der Waals surface area contributed by atoms with Crippen molar-refractivity contribution in [1.29, 1.82) is 0 Å². The lowest BCUT2D eigenvalue weighted by Crippen LogP contribution is -2.36. The number of hydrogen-bond acceptors (Lipinski definition) is 3. The normalized spacial score (nSPS) is 11.5. The first-order valence-corrected chi connectivity index (χ1v) is 9.60. The lowest BCUT2D eigenvalue weighted by Gasteiger charge is -2.19. The first-order chi connectivity index (χ1) is 11.3. The van der Waals surface area contributed by atoms with Crippen LogP contribution in [0.2, 0.25) is 10.0 Å². The van der Waals surface area contributed by atoms with E-state index in [0.717, 1.165) is 16.1 Å². The summed E-state index contributed by atoms with van der Waals surface area (Å²) < 4.78 is 25.0. The molecule has 0 radical (unpaired) electrons. The maximum absolute atomic E-state index is 12.2. The summed E-state index contributed by atoms with van der Waals surface area (Å²) in [6.45, 7) is -0.200. The fraction of sp³-hybridized carbons (Fsp3) is 0.188. The SMILES string of the molecule is CS(=O)(=O)N(CC(=O)Nc1ccc(Cl)cc1Cl)Cc1ccccc1. The van der Waals surface area contributed by atoms with Gasteiger partial charge >= 0.3 is 0 Å². The molecule has 1 amide bonds. The van der Waals surface area contributed by atoms with Crippen LogP contribution in [0.1, 0.15) is 5.56 Å². The number of carbonyl (C=O) groups is 1. The van der Waals surface area contributed by atoms with Gasteiger partial charge in [-0.05, 0) is 23.8 Å². The van der Waals surface area contributed by atoms with Crippen molar-refractivity contribution in [3.63, 3.8) is 0 Å². The van der Waals surface area contributed by atoms with Gasteiger partial charge in [-0.15, -0.1) is 0 Å². The highest BCUT2D eigenvalue weighted by molar-refractivity contribution is 7.88. The summed E-state index contributed by atoms with van der Waals surface area (Å²) in [5, 5.41) is 3.32. The Labute approximate surface area is 151 Å². The van der Waals surface area contributed by atoms with E-state index < -0.39 is 15.9 Å². The zero-order valence-corrected chi connectivity index (χ0v) is 15.2. The van der Waals surface area contributed by atoms with Gasteiger partial charge in [0.05, 0.1) is 23.5 Å². The molecule has 2 rings (SSSR count). The predicted molar refractivity (Wildman–Crippen MR) is 96.8 cm³/mol. The van der Waals surface area contributed by atoms with Gasteiger partial charge in [0, 0.05) is 11.6 Å². The van der Waals surface area contributed by atoms with E-state index in [1.54, 1.807) is 24.3 Å². The van der Waals surface area contributed by atoms with Crippen LogP contribution in [0.5, 0.6) is 0 Å². The van der Waals surface area contributed by atoms with E-state index in [2.05, 4.69) is 5.32 Å². The fourth-order valence-corrected chi connectivity index (χ4v) is 3.21. The average Bonchev–Trinajstić information content (AvgIpc) is 2.49. The Bertz CT molecular complexity index is 826. The van der Waals surface area contributed by atoms with Crippen LogP contribution in [-0.4, -0.2) is 31.4 Å². The van der Waals surface area contributed by atoms with Crippen LogP contribution in [0.3, 0.4) is 0 Å². The van der Waals surface area contributed by atoms with Crippen molar-refractivity contribution in [2.45, 2.75) is 6.54 Å². The molecule has 5 nitrogen and oxygen atoms in total. The van der Waals surface area contributed by atoms with Crippen molar-refractivity contribution >= 4 is 44.8 Å². The number of benzene rings is 2. The molecule has 0 heterocycles. The van der Waals surface area contributed by atoms with Gasteiger partial charge in [-0.2, -0.15) is 4.31 Å². The highest BCUT2D eigenvalue weighted by Crippen LogP contribution is 2.25. The highest BCUT2D eigenvalue weighted by atomic mass is 35.5. The number of nitrogens with one attached hydrogen (secondary N) is 1. The molecule has 0 spiro atoms. The molecule has 8 heteroatoms. The second kappa shape index (κ2) is 7.98. The second-order valence-electron chi connectivity index (χ2n) is 5.19. The molecule has 1 N–H and O–H groups in total. The van der Waals surface area contributed by atoms with E-state index >= 15 is 0 Å². The highest BCUT2D eigenvalue weighted by Gasteiger charge is 2.21. The van der Waals surface area contributed by atoms with Gasteiger partial charge < -0.3 is 5.32 Å². The summed E-state index contributed by atoms with van der Waals surface area (Å²) in [5.41, 5.74) is 1.17. The predicted octanol–water partition coefficient (Wildman–Crippen LogP) is 3.39. The third-order valence-electron chi connectivity index (χ3n) is 3.20. The van der Waals surface area contributed by atoms with Gasteiger partial charge in [0.25, 0.3) is 0 Å². The third kappa shape index (κ3) is 5.49. The molecule has 0 atom stereocenters. The largest absolute Gasteiger partial charge is 0.324 e. The summed E-state index contributed by atoms with van der Waals surface area (Å²) in [4.78, 5) is 12.2. The number of amides is 1. The average molecular weight is 387 g/mol. The topological polar surface area (TPSA) is 66.5 Å². The van der Waals surface area contributed by atoms with Crippen molar-refractivity contribution in [2.24, 2.45) is 0 Å². The fourth-order valence-electron chi connectivity index (χ4n) is 2.02. The number of nitrogens with zero attached hydrogens (tertiary/aromatic N) is 1. The van der Waals surface area contributed by atoms with Crippen molar-refractivity contribution in [3.8, 4) is 0 Å². The molecule has 0 aliphatic carbocycles. The van der Waals surface area contributed by atoms with Crippen LogP contribution in [0.25, 0.3) is 0 Å². The van der Waals surface area contributed by atoms with Gasteiger partial charge in [0.1, 0.15) is 0 Å². The Morgan fingerprint density at radius 2 is 1.79 bits per heavy atom. The van der Waals surface area contributed by atoms with Crippen molar-refractivity contribution in [3.05, 3.63) is 64.1 Å². The number of sulfonamides is 1. The Hall–Kier alpha value is -1.60. The summed E-state index contributed by atoms with van der Waals surface area (Å²) in [7, 11) is -3.55. The molecule has 128 valence electrons. The molecule has 0 bridgehead atoms. The van der Waals surface area contributed by atoms with Gasteiger partial charge in [0.15, 0.2) is 0 Å². The molecule has 0 aliphatic heterocycles. The number of anilines is 1. The lowest BCUT2D eigenvalue weighted by molar-refractivity contribution is -0.116. The minimum atomic E-state index is -3.55. The van der Waals surface area contributed by atoms with Crippen LogP contribution in [0.15, 0.2) is 48.5 Å². The van der Waals surface area contributed by atoms with E-state index in [9.17, 15) is 13.2 Å². The summed E-state index contributed by atoms with van der Waals surface area (Å²) >= 11 is 11.8. The van der Waals surface area contributed by atoms with Gasteiger partial charge in [-0.1, -0.05) is 53.5 Å². The van der Waals surface area contributed by atoms with Crippen LogP contribution >= 0.6 is 23.2 Å². The number of halogens is 2. The third-order valence-corrected chi connectivity index (χ3v) is 4.94. The van der Waals surface area contributed by atoms with Crippen LogP contribution in [-0.2, 0) is 21.4 Å². The lowest BCUT2D eigenvalue weighted by atomic mass is 10.2. The van der Waals surface area contributed by atoms with E-state index in [4.69, 9.17) is 23.2 Å². The summed E-state index contributed by atoms with van der Waals surface area (Å²) in [5.74, 6) is -0.486. The molecular formula is C16H16Cl2N2O3S. The molecule has 0 fully saturated rings. The molecule has 24 heavy (non-hydrogen) atoms. The zero-order valence-electron chi connectivity index (χ0n) is 12.9. The van der Waals surface area contributed by atoms with Gasteiger partial charge in [-0.25, -0.2) is 8.42 Å². The maximum Gasteiger partial charge on any atom is 0.239 e. The van der Waals surface area contributed by atoms with Gasteiger partial charge in [0.2, 0.25) is 15.9 Å². The number of hydrogen-bond donors (Lipinski definition) is 1. The standard InChI is InChI=1S/C16H16Cl2N2O3S/c1-24(22,23)20(10-12-5-3-2-4-6-12)11-16(21)19-15-8-7-13(17)9-14(15)18/h2-9H,10-11H2,1H3,(H,19,21). The molecule has 2 aromatic rings. The minimum absolute atomic E-state index is 0.113. The van der Waals surface area contributed by atoms with Crippen molar-refractivity contribution in [2.75, 3.05) is 18.1 Å². The summed E-state index contributed by atoms with van der Waals surface area (Å²) in [6.07, 6.45) is 1.07. The second-order valence-corrected chi connectivity index (χ2v) is 8.02. The monoisotopic (exact) mass is 386 g/mol. The van der Waals surface area contributed by atoms with Crippen molar-refractivity contribution < 1.29 is 13.2 Å². The van der Waals surface area contributed by atoms with Crippen molar-refractivity contribution in [1.82, 2.24) is 4.31 Å². The Morgan fingerprint density at radius 3 is 2.38 bits per heavy atom. The van der Waals surface area contributed by atoms with E-state index in [0.29, 0.717) is 10.7 Å². The number of carbonyl (C=O) groups excluding carboxylic acids is 1. The first kappa shape index (κ1) is 18.7. The smallest absolute Gasteiger partial charge is 0.239 e. The van der Waals surface area contributed by atoms with Crippen LogP contribution in [0, 0.1) is 0 Å². The molecule has 0 unspecified atom stereocenters. The molecule has 0 saturated heterocycles.